The summed E-state index contributed by atoms with van der Waals surface area (Å²) in [6.45, 7) is 2.68. The van der Waals surface area contributed by atoms with E-state index in [9.17, 15) is 4.39 Å². The van der Waals surface area contributed by atoms with Crippen LogP contribution in [0.5, 0.6) is 0 Å². The van der Waals surface area contributed by atoms with Crippen LogP contribution in [-0.4, -0.2) is 24.5 Å². The van der Waals surface area contributed by atoms with E-state index in [1.807, 2.05) is 6.07 Å². The molecule has 2 rings (SSSR count). The zero-order valence-corrected chi connectivity index (χ0v) is 12.8. The molecule has 1 unspecified atom stereocenters. The van der Waals surface area contributed by atoms with Gasteiger partial charge in [0.05, 0.1) is 4.47 Å². The largest absolute Gasteiger partial charge is 0.329 e. The first-order chi connectivity index (χ1) is 9.22. The van der Waals surface area contributed by atoms with Crippen LogP contribution in [0.4, 0.5) is 4.39 Å². The third-order valence-electron chi connectivity index (χ3n) is 3.88. The van der Waals surface area contributed by atoms with Gasteiger partial charge in [0.2, 0.25) is 0 Å². The van der Waals surface area contributed by atoms with Crippen molar-refractivity contribution >= 4 is 15.9 Å². The number of nitrogens with zero attached hydrogens (tertiary/aromatic N) is 1. The number of rotatable bonds is 3. The van der Waals surface area contributed by atoms with Crippen molar-refractivity contribution in [2.75, 3.05) is 19.6 Å². The van der Waals surface area contributed by atoms with E-state index in [1.54, 1.807) is 12.1 Å². The molecule has 1 aromatic rings. The number of hydrogen-bond donors (Lipinski definition) is 1. The minimum absolute atomic E-state index is 0.140. The molecule has 1 aliphatic rings. The average Bonchev–Trinajstić information content (AvgIpc) is 2.36. The fourth-order valence-electron chi connectivity index (χ4n) is 2.80. The maximum absolute atomic E-state index is 13.7. The maximum Gasteiger partial charge on any atom is 0.137 e. The lowest BCUT2D eigenvalue weighted by molar-refractivity contribution is 0.183. The highest BCUT2D eigenvalue weighted by Gasteiger charge is 2.20. The van der Waals surface area contributed by atoms with Gasteiger partial charge < -0.3 is 5.73 Å². The predicted octanol–water partition coefficient (Wildman–Crippen LogP) is 3.85. The van der Waals surface area contributed by atoms with E-state index in [0.29, 0.717) is 11.0 Å². The van der Waals surface area contributed by atoms with Crippen LogP contribution < -0.4 is 5.73 Å². The highest BCUT2D eigenvalue weighted by atomic mass is 79.9. The molecule has 0 aromatic heterocycles. The number of likely N-dealkylation sites (tertiary alicyclic amines) is 1. The first-order valence-electron chi connectivity index (χ1n) is 7.11. The summed E-state index contributed by atoms with van der Waals surface area (Å²) in [7, 11) is 0. The highest BCUT2D eigenvalue weighted by Crippen LogP contribution is 2.26. The van der Waals surface area contributed by atoms with Crippen molar-refractivity contribution in [1.82, 2.24) is 4.90 Å². The van der Waals surface area contributed by atoms with Crippen LogP contribution in [0.15, 0.2) is 22.7 Å². The van der Waals surface area contributed by atoms with Gasteiger partial charge in [-0.1, -0.05) is 25.3 Å². The minimum Gasteiger partial charge on any atom is -0.329 e. The summed E-state index contributed by atoms with van der Waals surface area (Å²) in [4.78, 5) is 2.42. The summed E-state index contributed by atoms with van der Waals surface area (Å²) < 4.78 is 14.2. The molecular formula is C15H22BrFN2. The average molecular weight is 329 g/mol. The van der Waals surface area contributed by atoms with Gasteiger partial charge in [-0.25, -0.2) is 4.39 Å². The van der Waals surface area contributed by atoms with Gasteiger partial charge in [0.1, 0.15) is 5.82 Å². The van der Waals surface area contributed by atoms with Gasteiger partial charge in [-0.05, 0) is 59.6 Å². The van der Waals surface area contributed by atoms with E-state index in [1.165, 1.54) is 32.1 Å². The minimum atomic E-state index is -0.206. The van der Waals surface area contributed by atoms with E-state index in [2.05, 4.69) is 20.8 Å². The van der Waals surface area contributed by atoms with Crippen molar-refractivity contribution < 1.29 is 4.39 Å². The summed E-state index contributed by atoms with van der Waals surface area (Å²) in [6, 6.07) is 5.50. The molecule has 2 N–H and O–H groups in total. The van der Waals surface area contributed by atoms with Crippen LogP contribution in [0.1, 0.15) is 43.7 Å². The third-order valence-corrected chi connectivity index (χ3v) is 4.53. The third kappa shape index (κ3) is 4.01. The molecular weight excluding hydrogens is 307 g/mol. The van der Waals surface area contributed by atoms with Crippen molar-refractivity contribution in [2.24, 2.45) is 5.73 Å². The molecule has 1 heterocycles. The Labute approximate surface area is 123 Å². The Kier molecular flexibility index (Phi) is 5.79. The Morgan fingerprint density at radius 2 is 1.79 bits per heavy atom. The van der Waals surface area contributed by atoms with E-state index < -0.39 is 0 Å². The molecule has 4 heteroatoms. The zero-order chi connectivity index (χ0) is 13.7. The molecule has 0 bridgehead atoms. The maximum atomic E-state index is 13.7. The molecule has 2 nitrogen and oxygen atoms in total. The molecule has 0 amide bonds. The molecule has 0 saturated carbocycles. The van der Waals surface area contributed by atoms with Crippen molar-refractivity contribution in [3.63, 3.8) is 0 Å². The number of benzene rings is 1. The highest BCUT2D eigenvalue weighted by molar-refractivity contribution is 9.10. The monoisotopic (exact) mass is 328 g/mol. The molecule has 1 atom stereocenters. The Balaban J connectivity index is 2.14. The lowest BCUT2D eigenvalue weighted by Gasteiger charge is -2.32. The van der Waals surface area contributed by atoms with Crippen molar-refractivity contribution in [3.8, 4) is 0 Å². The Hall–Kier alpha value is -0.450. The van der Waals surface area contributed by atoms with E-state index in [-0.39, 0.29) is 11.9 Å². The number of hydrogen-bond acceptors (Lipinski definition) is 2. The summed E-state index contributed by atoms with van der Waals surface area (Å²) in [5, 5.41) is 0. The van der Waals surface area contributed by atoms with Crippen LogP contribution >= 0.6 is 15.9 Å². The van der Waals surface area contributed by atoms with Gasteiger partial charge in [-0.15, -0.1) is 0 Å². The smallest absolute Gasteiger partial charge is 0.137 e. The summed E-state index contributed by atoms with van der Waals surface area (Å²) >= 11 is 3.20. The number of halogens is 2. The summed E-state index contributed by atoms with van der Waals surface area (Å²) in [6.07, 6.45) is 6.37. The first kappa shape index (κ1) is 14.9. The van der Waals surface area contributed by atoms with Crippen LogP contribution in [-0.2, 0) is 0 Å². The lowest BCUT2D eigenvalue weighted by Crippen LogP contribution is -2.36. The van der Waals surface area contributed by atoms with Gasteiger partial charge in [0.15, 0.2) is 0 Å². The van der Waals surface area contributed by atoms with Crippen LogP contribution in [0.2, 0.25) is 0 Å². The first-order valence-corrected chi connectivity index (χ1v) is 7.90. The van der Waals surface area contributed by atoms with Crippen LogP contribution in [0, 0.1) is 5.82 Å². The Morgan fingerprint density at radius 3 is 2.37 bits per heavy atom. The summed E-state index contributed by atoms with van der Waals surface area (Å²) in [5.74, 6) is -0.206. The van der Waals surface area contributed by atoms with E-state index in [0.717, 1.165) is 18.7 Å². The van der Waals surface area contributed by atoms with Crippen molar-refractivity contribution in [3.05, 3.63) is 34.1 Å². The van der Waals surface area contributed by atoms with Gasteiger partial charge in [-0.3, -0.25) is 4.90 Å². The molecule has 0 aliphatic carbocycles. The van der Waals surface area contributed by atoms with Gasteiger partial charge in [0.25, 0.3) is 0 Å². The Morgan fingerprint density at radius 1 is 1.16 bits per heavy atom. The molecule has 19 heavy (non-hydrogen) atoms. The fourth-order valence-corrected chi connectivity index (χ4v) is 3.05. The standard InChI is InChI=1S/C15H22BrFN2/c16-13-7-6-12(10-14(13)17)15(11-18)19-8-4-2-1-3-5-9-19/h6-7,10,15H,1-5,8-9,11,18H2. The molecule has 1 saturated heterocycles. The molecule has 106 valence electrons. The number of nitrogens with two attached hydrogens (primary N) is 1. The predicted molar refractivity (Wildman–Crippen MR) is 80.6 cm³/mol. The molecule has 1 aromatic carbocycles. The normalized spacial score (nSPS) is 19.7. The fraction of sp³-hybridized carbons (Fsp3) is 0.600. The van der Waals surface area contributed by atoms with Gasteiger partial charge >= 0.3 is 0 Å². The Bertz CT molecular complexity index is 403. The molecule has 1 aliphatic heterocycles. The van der Waals surface area contributed by atoms with E-state index in [4.69, 9.17) is 5.73 Å². The molecule has 1 fully saturated rings. The van der Waals surface area contributed by atoms with Crippen LogP contribution in [0.25, 0.3) is 0 Å². The molecule has 0 spiro atoms. The van der Waals surface area contributed by atoms with Crippen molar-refractivity contribution in [2.45, 2.75) is 38.1 Å². The SMILES string of the molecule is NCC(c1ccc(Br)c(F)c1)N1CCCCCCC1. The van der Waals surface area contributed by atoms with Gasteiger partial charge in [-0.2, -0.15) is 0 Å². The van der Waals surface area contributed by atoms with Crippen molar-refractivity contribution in [1.29, 1.82) is 0 Å². The topological polar surface area (TPSA) is 29.3 Å². The zero-order valence-electron chi connectivity index (χ0n) is 11.2. The second-order valence-electron chi connectivity index (χ2n) is 5.23. The lowest BCUT2D eigenvalue weighted by atomic mass is 10.0. The quantitative estimate of drug-likeness (QED) is 0.913. The second-order valence-corrected chi connectivity index (χ2v) is 6.08. The second kappa shape index (κ2) is 7.36. The molecule has 0 radical (unpaired) electrons. The summed E-state index contributed by atoms with van der Waals surface area (Å²) in [5.41, 5.74) is 6.93. The van der Waals surface area contributed by atoms with Gasteiger partial charge in [0, 0.05) is 12.6 Å². The van der Waals surface area contributed by atoms with E-state index >= 15 is 0 Å². The van der Waals surface area contributed by atoms with Crippen LogP contribution in [0.3, 0.4) is 0 Å².